The molecule has 10 heavy (non-hydrogen) atoms. The third-order valence-corrected chi connectivity index (χ3v) is 2.41. The van der Waals surface area contributed by atoms with Gasteiger partial charge in [0.25, 0.3) is 0 Å². The van der Waals surface area contributed by atoms with Crippen molar-refractivity contribution in [3.63, 3.8) is 0 Å². The lowest BCUT2D eigenvalue weighted by Crippen LogP contribution is -2.47. The van der Waals surface area contributed by atoms with Crippen LogP contribution in [0.5, 0.6) is 0 Å². The Kier molecular flexibility index (Phi) is 3.16. The minimum Gasteiger partial charge on any atom is -0.330 e. The Bertz CT molecular complexity index is 91.3. The molecule has 1 fully saturated rings. The summed E-state index contributed by atoms with van der Waals surface area (Å²) in [7, 11) is 0. The van der Waals surface area contributed by atoms with E-state index in [-0.39, 0.29) is 0 Å². The van der Waals surface area contributed by atoms with Crippen molar-refractivity contribution in [2.75, 3.05) is 19.6 Å². The first-order chi connectivity index (χ1) is 4.88. The molecule has 0 aromatic heterocycles. The van der Waals surface area contributed by atoms with Gasteiger partial charge in [0, 0.05) is 6.04 Å². The Morgan fingerprint density at radius 1 is 1.60 bits per heavy atom. The van der Waals surface area contributed by atoms with Gasteiger partial charge in [0.2, 0.25) is 0 Å². The van der Waals surface area contributed by atoms with Gasteiger partial charge in [-0.25, -0.2) is 0 Å². The molecule has 1 heterocycles. The quantitative estimate of drug-likeness (QED) is 0.629. The van der Waals surface area contributed by atoms with Gasteiger partial charge in [-0.1, -0.05) is 6.92 Å². The minimum absolute atomic E-state index is 0.855. The molecule has 0 amide bonds. The van der Waals surface area contributed by atoms with Gasteiger partial charge >= 0.3 is 0 Å². The summed E-state index contributed by atoms with van der Waals surface area (Å²) in [6.07, 6.45) is 3.90. The summed E-state index contributed by atoms with van der Waals surface area (Å²) in [5.41, 5.74) is 5.42. The van der Waals surface area contributed by atoms with Crippen LogP contribution in [0.2, 0.25) is 0 Å². The molecule has 1 unspecified atom stereocenters. The summed E-state index contributed by atoms with van der Waals surface area (Å²) in [4.78, 5) is 2.52. The summed E-state index contributed by atoms with van der Waals surface area (Å²) in [6.45, 7) is 5.61. The van der Waals surface area contributed by atoms with Gasteiger partial charge in [-0.05, 0) is 38.9 Å². The van der Waals surface area contributed by atoms with E-state index in [0.29, 0.717) is 0 Å². The maximum Gasteiger partial charge on any atom is 0.0108 e. The maximum atomic E-state index is 5.42. The van der Waals surface area contributed by atoms with Crippen LogP contribution in [0.1, 0.15) is 26.2 Å². The Morgan fingerprint density at radius 3 is 2.80 bits per heavy atom. The molecule has 2 heteroatoms. The molecule has 2 N–H and O–H groups in total. The lowest BCUT2D eigenvalue weighted by Gasteiger charge is -2.40. The summed E-state index contributed by atoms with van der Waals surface area (Å²) < 4.78 is 0. The fourth-order valence-corrected chi connectivity index (χ4v) is 1.59. The molecule has 0 aliphatic carbocycles. The van der Waals surface area contributed by atoms with E-state index >= 15 is 0 Å². The van der Waals surface area contributed by atoms with Gasteiger partial charge in [-0.3, -0.25) is 0 Å². The van der Waals surface area contributed by atoms with Crippen LogP contribution in [-0.2, 0) is 0 Å². The van der Waals surface area contributed by atoms with Gasteiger partial charge in [-0.15, -0.1) is 0 Å². The molecule has 0 radical (unpaired) electrons. The topological polar surface area (TPSA) is 29.3 Å². The van der Waals surface area contributed by atoms with E-state index in [9.17, 15) is 0 Å². The van der Waals surface area contributed by atoms with Crippen LogP contribution in [0.25, 0.3) is 0 Å². The van der Waals surface area contributed by atoms with Crippen LogP contribution in [-0.4, -0.2) is 30.6 Å². The highest BCUT2D eigenvalue weighted by atomic mass is 15.2. The van der Waals surface area contributed by atoms with Crippen LogP contribution < -0.4 is 5.73 Å². The molecule has 1 rings (SSSR count). The highest BCUT2D eigenvalue weighted by molar-refractivity contribution is 4.81. The molecule has 1 atom stereocenters. The molecular weight excluding hydrogens is 124 g/mol. The molecule has 0 bridgehead atoms. The van der Waals surface area contributed by atoms with Gasteiger partial charge in [-0.2, -0.15) is 0 Å². The molecule has 1 saturated heterocycles. The molecule has 1 aliphatic heterocycles. The number of hydrogen-bond donors (Lipinski definition) is 1. The van der Waals surface area contributed by atoms with Crippen molar-refractivity contribution in [2.45, 2.75) is 32.2 Å². The van der Waals surface area contributed by atoms with E-state index in [1.165, 1.54) is 32.4 Å². The van der Waals surface area contributed by atoms with Gasteiger partial charge in [0.05, 0.1) is 0 Å². The molecule has 0 aromatic rings. The van der Waals surface area contributed by atoms with Crippen LogP contribution in [0.4, 0.5) is 0 Å². The average molecular weight is 142 g/mol. The van der Waals surface area contributed by atoms with Crippen molar-refractivity contribution in [2.24, 2.45) is 5.73 Å². The van der Waals surface area contributed by atoms with Crippen molar-refractivity contribution < 1.29 is 0 Å². The zero-order valence-corrected chi connectivity index (χ0v) is 6.84. The molecular formula is C8H18N2. The summed E-state index contributed by atoms with van der Waals surface area (Å²) in [5, 5.41) is 0. The first-order valence-electron chi connectivity index (χ1n) is 4.32. The standard InChI is InChI=1S/C8H18N2/c1-2-10-7-5-8(10)4-3-6-9/h8H,2-7,9H2,1H3. The lowest BCUT2D eigenvalue weighted by molar-refractivity contribution is 0.0898. The molecule has 0 aromatic carbocycles. The number of hydrogen-bond acceptors (Lipinski definition) is 2. The average Bonchev–Trinajstić information content (AvgIpc) is 1.88. The summed E-state index contributed by atoms with van der Waals surface area (Å²) >= 11 is 0. The van der Waals surface area contributed by atoms with Gasteiger partial charge in [0.1, 0.15) is 0 Å². The SMILES string of the molecule is CCN1CCC1CCCN. The van der Waals surface area contributed by atoms with Crippen LogP contribution >= 0.6 is 0 Å². The van der Waals surface area contributed by atoms with Gasteiger partial charge < -0.3 is 10.6 Å². The Hall–Kier alpha value is -0.0800. The van der Waals surface area contributed by atoms with Crippen LogP contribution in [0.15, 0.2) is 0 Å². The molecule has 2 nitrogen and oxygen atoms in total. The smallest absolute Gasteiger partial charge is 0.0108 e. The zero-order valence-electron chi connectivity index (χ0n) is 6.84. The number of nitrogens with two attached hydrogens (primary N) is 1. The number of nitrogens with zero attached hydrogens (tertiary/aromatic N) is 1. The predicted octanol–water partition coefficient (Wildman–Crippen LogP) is 0.819. The third-order valence-electron chi connectivity index (χ3n) is 2.41. The first kappa shape index (κ1) is 8.02. The normalized spacial score (nSPS) is 26.4. The van der Waals surface area contributed by atoms with Crippen molar-refractivity contribution in [3.8, 4) is 0 Å². The highest BCUT2D eigenvalue weighted by Gasteiger charge is 2.24. The maximum absolute atomic E-state index is 5.42. The number of likely N-dealkylation sites (tertiary alicyclic amines) is 1. The lowest BCUT2D eigenvalue weighted by atomic mass is 9.98. The summed E-state index contributed by atoms with van der Waals surface area (Å²) in [5.74, 6) is 0. The van der Waals surface area contributed by atoms with E-state index in [4.69, 9.17) is 5.73 Å². The van der Waals surface area contributed by atoms with E-state index < -0.39 is 0 Å². The van der Waals surface area contributed by atoms with Gasteiger partial charge in [0.15, 0.2) is 0 Å². The second-order valence-electron chi connectivity index (χ2n) is 3.00. The van der Waals surface area contributed by atoms with Crippen LogP contribution in [0, 0.1) is 0 Å². The van der Waals surface area contributed by atoms with E-state index in [2.05, 4.69) is 11.8 Å². The number of rotatable bonds is 4. The first-order valence-corrected chi connectivity index (χ1v) is 4.32. The third kappa shape index (κ3) is 1.70. The van der Waals surface area contributed by atoms with Crippen molar-refractivity contribution >= 4 is 0 Å². The van der Waals surface area contributed by atoms with Crippen molar-refractivity contribution in [1.82, 2.24) is 4.90 Å². The van der Waals surface area contributed by atoms with E-state index in [1.54, 1.807) is 0 Å². The van der Waals surface area contributed by atoms with Crippen molar-refractivity contribution in [1.29, 1.82) is 0 Å². The van der Waals surface area contributed by atoms with Crippen LogP contribution in [0.3, 0.4) is 0 Å². The zero-order chi connectivity index (χ0) is 7.40. The molecule has 1 aliphatic rings. The largest absolute Gasteiger partial charge is 0.330 e. The monoisotopic (exact) mass is 142 g/mol. The predicted molar refractivity (Wildman–Crippen MR) is 43.9 cm³/mol. The second-order valence-corrected chi connectivity index (χ2v) is 3.00. The fourth-order valence-electron chi connectivity index (χ4n) is 1.59. The Balaban J connectivity index is 2.05. The molecule has 0 spiro atoms. The highest BCUT2D eigenvalue weighted by Crippen LogP contribution is 2.20. The Morgan fingerprint density at radius 2 is 2.40 bits per heavy atom. The van der Waals surface area contributed by atoms with E-state index in [1.807, 2.05) is 0 Å². The minimum atomic E-state index is 0.855. The summed E-state index contributed by atoms with van der Waals surface area (Å²) in [6, 6.07) is 0.869. The van der Waals surface area contributed by atoms with E-state index in [0.717, 1.165) is 12.6 Å². The molecule has 60 valence electrons. The van der Waals surface area contributed by atoms with Crippen molar-refractivity contribution in [3.05, 3.63) is 0 Å². The Labute approximate surface area is 63.4 Å². The molecule has 0 saturated carbocycles. The second kappa shape index (κ2) is 3.94. The fraction of sp³-hybridized carbons (Fsp3) is 1.00.